The summed E-state index contributed by atoms with van der Waals surface area (Å²) < 4.78 is 0. The monoisotopic (exact) mass is 327 g/mol. The molecule has 0 aliphatic carbocycles. The molecule has 0 spiro atoms. The molecule has 0 bridgehead atoms. The number of benzene rings is 1. The second kappa shape index (κ2) is 11.3. The summed E-state index contributed by atoms with van der Waals surface area (Å²) in [6, 6.07) is 10.1. The molecule has 0 aliphatic heterocycles. The molecule has 0 heterocycles. The lowest BCUT2D eigenvalue weighted by Gasteiger charge is -2.27. The standard InChI is InChI=1S/C24H25N/c1-6-11-16-23(15-7-2)25(24-17-13-12-14-18-24)22(10-5)20-19-21(8-3)9-4/h6-20H,1-5H2/b16-11-,22-20+,23-15+. The van der Waals surface area contributed by atoms with Crippen LogP contribution < -0.4 is 4.90 Å². The number of anilines is 1. The average molecular weight is 327 g/mol. The Labute approximate surface area is 152 Å². The highest BCUT2D eigenvalue weighted by molar-refractivity contribution is 5.63. The van der Waals surface area contributed by atoms with Crippen LogP contribution in [0.2, 0.25) is 0 Å². The molecule has 0 unspecified atom stereocenters. The maximum absolute atomic E-state index is 3.97. The second-order valence-electron chi connectivity index (χ2n) is 4.96. The third kappa shape index (κ3) is 6.00. The molecule has 0 aliphatic rings. The van der Waals surface area contributed by atoms with E-state index in [4.69, 9.17) is 0 Å². The minimum absolute atomic E-state index is 0.911. The van der Waals surface area contributed by atoms with Crippen LogP contribution in [0.25, 0.3) is 0 Å². The maximum Gasteiger partial charge on any atom is 0.0461 e. The largest absolute Gasteiger partial charge is 0.311 e. The zero-order valence-corrected chi connectivity index (χ0v) is 14.6. The molecule has 0 radical (unpaired) electrons. The molecule has 1 aromatic rings. The van der Waals surface area contributed by atoms with Crippen LogP contribution >= 0.6 is 0 Å². The molecule has 0 atom stereocenters. The third-order valence-corrected chi connectivity index (χ3v) is 3.35. The molecule has 0 N–H and O–H groups in total. The summed E-state index contributed by atoms with van der Waals surface area (Å²) in [5.41, 5.74) is 3.81. The van der Waals surface area contributed by atoms with Crippen molar-refractivity contribution in [3.8, 4) is 0 Å². The fraction of sp³-hybridized carbons (Fsp3) is 0. The summed E-state index contributed by atoms with van der Waals surface area (Å²) in [7, 11) is 0. The molecule has 0 fully saturated rings. The first-order chi connectivity index (χ1) is 12.2. The Balaban J connectivity index is 3.55. The molecule has 126 valence electrons. The van der Waals surface area contributed by atoms with Gasteiger partial charge >= 0.3 is 0 Å². The van der Waals surface area contributed by atoms with Crippen LogP contribution in [-0.4, -0.2) is 0 Å². The van der Waals surface area contributed by atoms with Crippen molar-refractivity contribution >= 4 is 5.69 Å². The van der Waals surface area contributed by atoms with Gasteiger partial charge in [-0.25, -0.2) is 0 Å². The minimum Gasteiger partial charge on any atom is -0.311 e. The van der Waals surface area contributed by atoms with E-state index in [0.29, 0.717) is 0 Å². The lowest BCUT2D eigenvalue weighted by Crippen LogP contribution is -2.19. The highest BCUT2D eigenvalue weighted by Crippen LogP contribution is 2.26. The van der Waals surface area contributed by atoms with E-state index in [0.717, 1.165) is 22.7 Å². The van der Waals surface area contributed by atoms with E-state index >= 15 is 0 Å². The second-order valence-corrected chi connectivity index (χ2v) is 4.96. The topological polar surface area (TPSA) is 3.24 Å². The lowest BCUT2D eigenvalue weighted by molar-refractivity contribution is 1.14. The van der Waals surface area contributed by atoms with E-state index in [2.05, 4.69) is 37.8 Å². The number of nitrogens with zero attached hydrogens (tertiary/aromatic N) is 1. The predicted molar refractivity (Wildman–Crippen MR) is 113 cm³/mol. The highest BCUT2D eigenvalue weighted by Gasteiger charge is 2.12. The van der Waals surface area contributed by atoms with Crippen LogP contribution in [0.15, 0.2) is 141 Å². The first-order valence-corrected chi connectivity index (χ1v) is 7.98. The zero-order chi connectivity index (χ0) is 18.5. The SMILES string of the molecule is C=C/C=C\C(=C/C=C)N(/C(C=C)=C/C=C(C=C)C=C)c1ccccc1. The van der Waals surface area contributed by atoms with Crippen molar-refractivity contribution in [3.05, 3.63) is 141 Å². The molecule has 1 aromatic carbocycles. The van der Waals surface area contributed by atoms with Crippen LogP contribution in [-0.2, 0) is 0 Å². The van der Waals surface area contributed by atoms with E-state index in [1.807, 2.05) is 66.8 Å². The van der Waals surface area contributed by atoms with Gasteiger partial charge < -0.3 is 4.90 Å². The fourth-order valence-electron chi connectivity index (χ4n) is 2.15. The molecule has 1 heteroatoms. The van der Waals surface area contributed by atoms with Gasteiger partial charge in [0.1, 0.15) is 0 Å². The van der Waals surface area contributed by atoms with Crippen molar-refractivity contribution in [2.45, 2.75) is 0 Å². The molecule has 1 rings (SSSR count). The Morgan fingerprint density at radius 2 is 1.40 bits per heavy atom. The number of hydrogen-bond donors (Lipinski definition) is 0. The highest BCUT2D eigenvalue weighted by atomic mass is 15.1. The Bertz CT molecular complexity index is 730. The van der Waals surface area contributed by atoms with Crippen molar-refractivity contribution in [2.75, 3.05) is 4.90 Å². The summed E-state index contributed by atoms with van der Waals surface area (Å²) in [5.74, 6) is 0. The molecular formula is C24H25N. The summed E-state index contributed by atoms with van der Waals surface area (Å²) in [6.07, 6.45) is 18.6. The van der Waals surface area contributed by atoms with Gasteiger partial charge in [0.25, 0.3) is 0 Å². The number of rotatable bonds is 10. The van der Waals surface area contributed by atoms with E-state index in [1.54, 1.807) is 24.3 Å². The van der Waals surface area contributed by atoms with Gasteiger partial charge in [0.05, 0.1) is 0 Å². The van der Waals surface area contributed by atoms with Crippen LogP contribution in [0.4, 0.5) is 5.69 Å². The van der Waals surface area contributed by atoms with Crippen LogP contribution in [0, 0.1) is 0 Å². The fourth-order valence-corrected chi connectivity index (χ4v) is 2.15. The number of hydrogen-bond acceptors (Lipinski definition) is 1. The van der Waals surface area contributed by atoms with Crippen molar-refractivity contribution < 1.29 is 0 Å². The molecule has 0 amide bonds. The minimum atomic E-state index is 0.911. The number of para-hydroxylation sites is 1. The Morgan fingerprint density at radius 3 is 1.92 bits per heavy atom. The molecule has 0 aromatic heterocycles. The molecule has 25 heavy (non-hydrogen) atoms. The van der Waals surface area contributed by atoms with E-state index < -0.39 is 0 Å². The molecular weight excluding hydrogens is 302 g/mol. The zero-order valence-electron chi connectivity index (χ0n) is 14.6. The summed E-state index contributed by atoms with van der Waals surface area (Å²) in [4.78, 5) is 2.09. The van der Waals surface area contributed by atoms with Gasteiger partial charge in [-0.2, -0.15) is 0 Å². The molecule has 0 saturated carbocycles. The van der Waals surface area contributed by atoms with Gasteiger partial charge in [-0.1, -0.05) is 87.5 Å². The lowest BCUT2D eigenvalue weighted by atomic mass is 10.1. The van der Waals surface area contributed by atoms with Gasteiger partial charge in [-0.3, -0.25) is 0 Å². The van der Waals surface area contributed by atoms with Gasteiger partial charge in [-0.15, -0.1) is 0 Å². The van der Waals surface area contributed by atoms with E-state index in [1.165, 1.54) is 0 Å². The van der Waals surface area contributed by atoms with Crippen molar-refractivity contribution in [1.82, 2.24) is 0 Å². The summed E-state index contributed by atoms with van der Waals surface area (Å²) in [6.45, 7) is 19.1. The summed E-state index contributed by atoms with van der Waals surface area (Å²) >= 11 is 0. The number of allylic oxidation sites excluding steroid dienone is 11. The molecule has 0 saturated heterocycles. The van der Waals surface area contributed by atoms with E-state index in [-0.39, 0.29) is 0 Å². The van der Waals surface area contributed by atoms with Gasteiger partial charge in [0.2, 0.25) is 0 Å². The quantitative estimate of drug-likeness (QED) is 0.434. The Morgan fingerprint density at radius 1 is 0.720 bits per heavy atom. The van der Waals surface area contributed by atoms with Gasteiger partial charge in [-0.05, 0) is 42.0 Å². The van der Waals surface area contributed by atoms with Crippen LogP contribution in [0.3, 0.4) is 0 Å². The van der Waals surface area contributed by atoms with Gasteiger partial charge in [0.15, 0.2) is 0 Å². The predicted octanol–water partition coefficient (Wildman–Crippen LogP) is 6.67. The third-order valence-electron chi connectivity index (χ3n) is 3.35. The van der Waals surface area contributed by atoms with Crippen LogP contribution in [0.5, 0.6) is 0 Å². The average Bonchev–Trinajstić information content (AvgIpc) is 2.66. The smallest absolute Gasteiger partial charge is 0.0461 e. The maximum atomic E-state index is 3.97. The van der Waals surface area contributed by atoms with E-state index in [9.17, 15) is 0 Å². The van der Waals surface area contributed by atoms with Crippen molar-refractivity contribution in [2.24, 2.45) is 0 Å². The Hall–Kier alpha value is -3.32. The van der Waals surface area contributed by atoms with Crippen molar-refractivity contribution in [3.63, 3.8) is 0 Å². The van der Waals surface area contributed by atoms with Crippen LogP contribution in [0.1, 0.15) is 0 Å². The summed E-state index contributed by atoms with van der Waals surface area (Å²) in [5, 5.41) is 0. The van der Waals surface area contributed by atoms with Gasteiger partial charge in [0, 0.05) is 17.1 Å². The first-order valence-electron chi connectivity index (χ1n) is 7.98. The first kappa shape index (κ1) is 19.7. The Kier molecular flexibility index (Phi) is 8.88. The molecule has 1 nitrogen and oxygen atoms in total. The van der Waals surface area contributed by atoms with Crippen molar-refractivity contribution in [1.29, 1.82) is 0 Å². The normalized spacial score (nSPS) is 11.5.